The fraction of sp³-hybridized carbons (Fsp3) is 0.833. The Labute approximate surface area is 146 Å². The third-order valence-electron chi connectivity index (χ3n) is 4.06. The molecule has 0 aromatic heterocycles. The minimum Gasteiger partial charge on any atom is -0.346 e. The summed E-state index contributed by atoms with van der Waals surface area (Å²) in [5.74, 6) is 0.268. The van der Waals surface area contributed by atoms with Crippen molar-refractivity contribution in [3.8, 4) is 0 Å². The maximum Gasteiger partial charge on any atom is 0.242 e. The summed E-state index contributed by atoms with van der Waals surface area (Å²) in [5.41, 5.74) is 0. The van der Waals surface area contributed by atoms with E-state index in [1.165, 1.54) is 11.8 Å². The van der Waals surface area contributed by atoms with Gasteiger partial charge in [-0.25, -0.2) is 0 Å². The molecule has 0 aromatic carbocycles. The molecule has 0 saturated carbocycles. The predicted octanol–water partition coefficient (Wildman–Crippen LogP) is 1.54. The van der Waals surface area contributed by atoms with Crippen LogP contribution in [0.4, 0.5) is 0 Å². The van der Waals surface area contributed by atoms with Gasteiger partial charge in [0, 0.05) is 7.05 Å². The summed E-state index contributed by atoms with van der Waals surface area (Å²) >= 11 is 0. The Bertz CT molecular complexity index is 433. The van der Waals surface area contributed by atoms with Crippen LogP contribution in [0.2, 0.25) is 0 Å². The highest BCUT2D eigenvalue weighted by Crippen LogP contribution is 2.12. The van der Waals surface area contributed by atoms with Gasteiger partial charge in [0.05, 0.1) is 18.6 Å². The van der Waals surface area contributed by atoms with Crippen LogP contribution in [0.3, 0.4) is 0 Å². The number of carbonyl (C=O) groups is 3. The third-order valence-corrected chi connectivity index (χ3v) is 4.06. The summed E-state index contributed by atoms with van der Waals surface area (Å²) in [4.78, 5) is 39.8. The molecule has 140 valence electrons. The molecule has 0 saturated heterocycles. The van der Waals surface area contributed by atoms with E-state index in [1.807, 2.05) is 32.8 Å². The Balaban J connectivity index is 4.74. The number of hydrogen-bond acceptors (Lipinski definition) is 4. The van der Waals surface area contributed by atoms with E-state index >= 15 is 0 Å². The van der Waals surface area contributed by atoms with Gasteiger partial charge in [0.25, 0.3) is 0 Å². The standard InChI is InChI=1S/C18H35N3O3/c1-12(2)9-15(14(5)22)21(8)17(23)11-19-18(24)16(20(6)7)10-13(3)4/h12-13,15-16H,9-11H2,1-8H3,(H,19,24)/t15-,16-/m0/s1. The van der Waals surface area contributed by atoms with Gasteiger partial charge in [-0.3, -0.25) is 19.3 Å². The van der Waals surface area contributed by atoms with E-state index in [9.17, 15) is 14.4 Å². The van der Waals surface area contributed by atoms with Crippen molar-refractivity contribution in [2.45, 2.75) is 59.5 Å². The second-order valence-corrected chi connectivity index (χ2v) is 7.59. The van der Waals surface area contributed by atoms with E-state index in [0.717, 1.165) is 6.42 Å². The molecule has 0 unspecified atom stereocenters. The van der Waals surface area contributed by atoms with E-state index in [0.29, 0.717) is 18.3 Å². The SMILES string of the molecule is CC(=O)[C@H](CC(C)C)N(C)C(=O)CNC(=O)[C@H](CC(C)C)N(C)C. The number of nitrogens with one attached hydrogen (secondary N) is 1. The van der Waals surface area contributed by atoms with Gasteiger partial charge in [-0.2, -0.15) is 0 Å². The van der Waals surface area contributed by atoms with Gasteiger partial charge >= 0.3 is 0 Å². The van der Waals surface area contributed by atoms with Crippen LogP contribution in [0, 0.1) is 11.8 Å². The molecule has 2 amide bonds. The fourth-order valence-corrected chi connectivity index (χ4v) is 2.62. The second-order valence-electron chi connectivity index (χ2n) is 7.59. The Kier molecular flexibility index (Phi) is 9.82. The van der Waals surface area contributed by atoms with Crippen LogP contribution in [0.5, 0.6) is 0 Å². The molecular formula is C18H35N3O3. The van der Waals surface area contributed by atoms with Gasteiger partial charge in [-0.1, -0.05) is 27.7 Å². The summed E-state index contributed by atoms with van der Waals surface area (Å²) < 4.78 is 0. The van der Waals surface area contributed by atoms with Crippen molar-refractivity contribution in [1.82, 2.24) is 15.1 Å². The van der Waals surface area contributed by atoms with Crippen molar-refractivity contribution in [3.63, 3.8) is 0 Å². The first-order valence-corrected chi connectivity index (χ1v) is 8.67. The van der Waals surface area contributed by atoms with Crippen LogP contribution in [0.1, 0.15) is 47.5 Å². The van der Waals surface area contributed by atoms with Crippen molar-refractivity contribution in [2.24, 2.45) is 11.8 Å². The van der Waals surface area contributed by atoms with E-state index < -0.39 is 6.04 Å². The van der Waals surface area contributed by atoms with E-state index in [-0.39, 0.29) is 30.2 Å². The Morgan fingerprint density at radius 1 is 0.875 bits per heavy atom. The number of nitrogens with zero attached hydrogens (tertiary/aromatic N) is 2. The van der Waals surface area contributed by atoms with E-state index in [4.69, 9.17) is 0 Å². The van der Waals surface area contributed by atoms with Gasteiger partial charge in [0.15, 0.2) is 5.78 Å². The maximum absolute atomic E-state index is 12.3. The largest absolute Gasteiger partial charge is 0.346 e. The quantitative estimate of drug-likeness (QED) is 0.654. The molecule has 1 N–H and O–H groups in total. The number of hydrogen-bond donors (Lipinski definition) is 1. The average Bonchev–Trinajstić information content (AvgIpc) is 2.45. The summed E-state index contributed by atoms with van der Waals surface area (Å²) in [6.45, 7) is 9.57. The molecule has 0 aromatic rings. The van der Waals surface area contributed by atoms with Gasteiger partial charge < -0.3 is 10.2 Å². The highest BCUT2D eigenvalue weighted by Gasteiger charge is 2.26. The fourth-order valence-electron chi connectivity index (χ4n) is 2.62. The lowest BCUT2D eigenvalue weighted by molar-refractivity contribution is -0.138. The summed E-state index contributed by atoms with van der Waals surface area (Å²) in [6, 6.07) is -0.697. The van der Waals surface area contributed by atoms with Gasteiger partial charge in [-0.05, 0) is 45.7 Å². The number of carbonyl (C=O) groups excluding carboxylic acids is 3. The minimum atomic E-state index is -0.435. The molecule has 0 bridgehead atoms. The molecule has 0 fully saturated rings. The van der Waals surface area contributed by atoms with Crippen LogP contribution in [-0.4, -0.2) is 67.2 Å². The minimum absolute atomic E-state index is 0.0307. The van der Waals surface area contributed by atoms with Crippen molar-refractivity contribution in [3.05, 3.63) is 0 Å². The van der Waals surface area contributed by atoms with Gasteiger partial charge in [-0.15, -0.1) is 0 Å². The predicted molar refractivity (Wildman–Crippen MR) is 96.6 cm³/mol. The van der Waals surface area contributed by atoms with E-state index in [2.05, 4.69) is 19.2 Å². The zero-order chi connectivity index (χ0) is 19.0. The van der Waals surface area contributed by atoms with Crippen LogP contribution in [0.25, 0.3) is 0 Å². The lowest BCUT2D eigenvalue weighted by Gasteiger charge is -2.29. The lowest BCUT2D eigenvalue weighted by atomic mass is 9.99. The van der Waals surface area contributed by atoms with Crippen LogP contribution in [0.15, 0.2) is 0 Å². The number of likely N-dealkylation sites (N-methyl/N-ethyl adjacent to an activating group) is 2. The molecular weight excluding hydrogens is 306 g/mol. The second kappa shape index (κ2) is 10.4. The van der Waals surface area contributed by atoms with E-state index in [1.54, 1.807) is 7.05 Å². The first-order chi connectivity index (χ1) is 11.0. The molecule has 0 heterocycles. The lowest BCUT2D eigenvalue weighted by Crippen LogP contribution is -2.50. The topological polar surface area (TPSA) is 69.7 Å². The Morgan fingerprint density at radius 3 is 1.71 bits per heavy atom. The van der Waals surface area contributed by atoms with Crippen molar-refractivity contribution in [1.29, 1.82) is 0 Å². The monoisotopic (exact) mass is 341 g/mol. The molecule has 6 nitrogen and oxygen atoms in total. The van der Waals surface area contributed by atoms with Crippen LogP contribution in [-0.2, 0) is 14.4 Å². The van der Waals surface area contributed by atoms with Gasteiger partial charge in [0.1, 0.15) is 0 Å². The van der Waals surface area contributed by atoms with Crippen molar-refractivity contribution >= 4 is 17.6 Å². The maximum atomic E-state index is 12.3. The van der Waals surface area contributed by atoms with Crippen molar-refractivity contribution < 1.29 is 14.4 Å². The molecule has 0 spiro atoms. The molecule has 0 aliphatic heterocycles. The number of ketones is 1. The molecule has 0 aliphatic carbocycles. The Hall–Kier alpha value is -1.43. The summed E-state index contributed by atoms with van der Waals surface area (Å²) in [7, 11) is 5.34. The number of rotatable bonds is 10. The highest BCUT2D eigenvalue weighted by atomic mass is 16.2. The molecule has 0 radical (unpaired) electrons. The molecule has 0 aliphatic rings. The first kappa shape index (κ1) is 22.6. The molecule has 2 atom stereocenters. The number of Topliss-reactive ketones (excluding diaryl/α,β-unsaturated/α-hetero) is 1. The smallest absolute Gasteiger partial charge is 0.242 e. The summed E-state index contributed by atoms with van der Waals surface area (Å²) in [5, 5.41) is 2.71. The molecule has 0 rings (SSSR count). The third kappa shape index (κ3) is 7.90. The normalized spacial score (nSPS) is 14.0. The highest BCUT2D eigenvalue weighted by molar-refractivity contribution is 5.90. The molecule has 6 heteroatoms. The van der Waals surface area contributed by atoms with Crippen LogP contribution < -0.4 is 5.32 Å². The molecule has 24 heavy (non-hydrogen) atoms. The average molecular weight is 341 g/mol. The van der Waals surface area contributed by atoms with Crippen molar-refractivity contribution in [2.75, 3.05) is 27.7 Å². The Morgan fingerprint density at radius 2 is 1.33 bits per heavy atom. The van der Waals surface area contributed by atoms with Gasteiger partial charge in [0.2, 0.25) is 11.8 Å². The zero-order valence-corrected chi connectivity index (χ0v) is 16.5. The van der Waals surface area contributed by atoms with Crippen LogP contribution >= 0.6 is 0 Å². The number of amides is 2. The first-order valence-electron chi connectivity index (χ1n) is 8.67. The zero-order valence-electron chi connectivity index (χ0n) is 16.5. The summed E-state index contributed by atoms with van der Waals surface area (Å²) in [6.07, 6.45) is 1.35.